The minimum absolute atomic E-state index is 0.00239. The number of amides is 1. The predicted molar refractivity (Wildman–Crippen MR) is 137 cm³/mol. The van der Waals surface area contributed by atoms with E-state index in [9.17, 15) is 18.0 Å². The van der Waals surface area contributed by atoms with Crippen LogP contribution in [0.1, 0.15) is 48.4 Å². The summed E-state index contributed by atoms with van der Waals surface area (Å²) < 4.78 is 39.3. The summed E-state index contributed by atoms with van der Waals surface area (Å²) in [6.07, 6.45) is -1.23. The molecule has 1 unspecified atom stereocenters. The van der Waals surface area contributed by atoms with Crippen molar-refractivity contribution in [2.75, 3.05) is 0 Å². The van der Waals surface area contributed by atoms with Gasteiger partial charge in [-0.15, -0.1) is 0 Å². The van der Waals surface area contributed by atoms with Gasteiger partial charge in [0, 0.05) is 12.1 Å². The van der Waals surface area contributed by atoms with Crippen molar-refractivity contribution >= 4 is 11.6 Å². The van der Waals surface area contributed by atoms with E-state index in [1.807, 2.05) is 48.5 Å². The van der Waals surface area contributed by atoms with Crippen LogP contribution in [0, 0.1) is 0 Å². The van der Waals surface area contributed by atoms with Gasteiger partial charge in [0.15, 0.2) is 0 Å². The number of carbonyl (C=O) groups excluding carboxylic acids is 1. The molecule has 1 aliphatic rings. The second-order valence-electron chi connectivity index (χ2n) is 8.91. The normalized spacial score (nSPS) is 15.7. The quantitative estimate of drug-likeness (QED) is 0.347. The number of halogens is 3. The van der Waals surface area contributed by atoms with Crippen LogP contribution in [0.5, 0.6) is 0 Å². The van der Waals surface area contributed by atoms with Gasteiger partial charge in [0.05, 0.1) is 22.9 Å². The van der Waals surface area contributed by atoms with Gasteiger partial charge in [-0.1, -0.05) is 86.1 Å². The van der Waals surface area contributed by atoms with E-state index >= 15 is 0 Å². The third-order valence-electron chi connectivity index (χ3n) is 6.30. The van der Waals surface area contributed by atoms with Crippen LogP contribution >= 0.6 is 0 Å². The Kier molecular flexibility index (Phi) is 8.04. The standard InChI is InChI=1S/C30H29F3N2O/c1-2-10-25-26(18-17-21-11-5-3-6-12-21)35-28(23-14-7-4-8-15-23)27(25)29(36)34-20-22-13-9-16-24(19-22)30(31,32)33/h3-9,11-16,19,26H,2,10,17-18,20H2,1H3,(H,34,36). The zero-order valence-corrected chi connectivity index (χ0v) is 20.2. The molecule has 1 N–H and O–H groups in total. The lowest BCUT2D eigenvalue weighted by Gasteiger charge is -2.15. The van der Waals surface area contributed by atoms with Crippen molar-refractivity contribution in [2.24, 2.45) is 4.99 Å². The van der Waals surface area contributed by atoms with Crippen LogP contribution in [0.2, 0.25) is 0 Å². The summed E-state index contributed by atoms with van der Waals surface area (Å²) in [5.74, 6) is -0.305. The molecule has 0 fully saturated rings. The molecule has 3 aromatic rings. The molecule has 0 saturated heterocycles. The van der Waals surface area contributed by atoms with Crippen LogP contribution in [0.15, 0.2) is 101 Å². The van der Waals surface area contributed by atoms with E-state index in [2.05, 4.69) is 24.4 Å². The minimum Gasteiger partial charge on any atom is -0.348 e. The molecule has 6 heteroatoms. The average Bonchev–Trinajstić information content (AvgIpc) is 3.25. The summed E-state index contributed by atoms with van der Waals surface area (Å²) in [6, 6.07) is 24.7. The summed E-state index contributed by atoms with van der Waals surface area (Å²) in [7, 11) is 0. The van der Waals surface area contributed by atoms with Gasteiger partial charge in [0.1, 0.15) is 0 Å². The molecular formula is C30H29F3N2O. The maximum Gasteiger partial charge on any atom is 0.416 e. The topological polar surface area (TPSA) is 41.5 Å². The minimum atomic E-state index is -4.43. The van der Waals surface area contributed by atoms with Crippen molar-refractivity contribution in [3.8, 4) is 0 Å². The van der Waals surface area contributed by atoms with E-state index in [1.54, 1.807) is 6.07 Å². The highest BCUT2D eigenvalue weighted by Crippen LogP contribution is 2.32. The Morgan fingerprint density at radius 3 is 2.22 bits per heavy atom. The van der Waals surface area contributed by atoms with Gasteiger partial charge in [0.2, 0.25) is 0 Å². The van der Waals surface area contributed by atoms with Gasteiger partial charge in [-0.25, -0.2) is 0 Å². The monoisotopic (exact) mass is 490 g/mol. The van der Waals surface area contributed by atoms with Gasteiger partial charge in [-0.3, -0.25) is 9.79 Å². The van der Waals surface area contributed by atoms with Gasteiger partial charge >= 0.3 is 6.18 Å². The lowest BCUT2D eigenvalue weighted by atomic mass is 9.91. The Morgan fingerprint density at radius 2 is 1.56 bits per heavy atom. The van der Waals surface area contributed by atoms with Crippen LogP contribution in [0.4, 0.5) is 13.2 Å². The van der Waals surface area contributed by atoms with Crippen molar-refractivity contribution in [3.05, 3.63) is 118 Å². The first-order chi connectivity index (χ1) is 17.4. The smallest absolute Gasteiger partial charge is 0.348 e. The number of hydrogen-bond acceptors (Lipinski definition) is 2. The number of benzene rings is 3. The zero-order chi connectivity index (χ0) is 25.5. The molecule has 0 aliphatic carbocycles. The summed E-state index contributed by atoms with van der Waals surface area (Å²) in [4.78, 5) is 18.5. The van der Waals surface area contributed by atoms with Crippen LogP contribution in [-0.4, -0.2) is 17.7 Å². The van der Waals surface area contributed by atoms with Crippen LogP contribution in [-0.2, 0) is 23.9 Å². The Morgan fingerprint density at radius 1 is 0.889 bits per heavy atom. The SMILES string of the molecule is CCCC1=C(C(=O)NCc2cccc(C(F)(F)F)c2)C(c2ccccc2)=NC1CCc1ccccc1. The molecule has 0 aromatic heterocycles. The Hall–Kier alpha value is -3.67. The van der Waals surface area contributed by atoms with Crippen LogP contribution in [0.3, 0.4) is 0 Å². The first kappa shape index (κ1) is 25.4. The van der Waals surface area contributed by atoms with Crippen molar-refractivity contribution in [1.29, 1.82) is 0 Å². The molecule has 0 bridgehead atoms. The molecule has 1 amide bonds. The fraction of sp³-hybridized carbons (Fsp3) is 0.267. The molecule has 1 atom stereocenters. The van der Waals surface area contributed by atoms with Crippen LogP contribution < -0.4 is 5.32 Å². The highest BCUT2D eigenvalue weighted by Gasteiger charge is 2.33. The second-order valence-corrected chi connectivity index (χ2v) is 8.91. The number of hydrogen-bond donors (Lipinski definition) is 1. The molecule has 3 aromatic carbocycles. The Bertz CT molecular complexity index is 1250. The second kappa shape index (κ2) is 11.4. The summed E-state index contributed by atoms with van der Waals surface area (Å²) in [6.45, 7) is 2.07. The lowest BCUT2D eigenvalue weighted by Crippen LogP contribution is -2.28. The number of alkyl halides is 3. The lowest BCUT2D eigenvalue weighted by molar-refractivity contribution is -0.137. The van der Waals surface area contributed by atoms with Gasteiger partial charge in [0.25, 0.3) is 5.91 Å². The average molecular weight is 491 g/mol. The molecule has 186 valence electrons. The summed E-state index contributed by atoms with van der Waals surface area (Å²) in [5, 5.41) is 2.86. The Balaban J connectivity index is 1.61. The van der Waals surface area contributed by atoms with Crippen molar-refractivity contribution < 1.29 is 18.0 Å². The van der Waals surface area contributed by atoms with E-state index in [-0.39, 0.29) is 18.5 Å². The van der Waals surface area contributed by atoms with Crippen molar-refractivity contribution in [2.45, 2.75) is 51.4 Å². The molecule has 3 nitrogen and oxygen atoms in total. The number of nitrogens with one attached hydrogen (secondary N) is 1. The fourth-order valence-corrected chi connectivity index (χ4v) is 4.56. The maximum atomic E-state index is 13.5. The molecular weight excluding hydrogens is 461 g/mol. The molecule has 0 spiro atoms. The van der Waals surface area contributed by atoms with Crippen molar-refractivity contribution in [1.82, 2.24) is 5.32 Å². The highest BCUT2D eigenvalue weighted by molar-refractivity contribution is 6.29. The summed E-state index contributed by atoms with van der Waals surface area (Å²) in [5.41, 5.74) is 3.94. The summed E-state index contributed by atoms with van der Waals surface area (Å²) >= 11 is 0. The predicted octanol–water partition coefficient (Wildman–Crippen LogP) is 6.92. The first-order valence-electron chi connectivity index (χ1n) is 12.2. The maximum absolute atomic E-state index is 13.5. The molecule has 0 radical (unpaired) electrons. The number of rotatable bonds is 9. The largest absolute Gasteiger partial charge is 0.416 e. The molecule has 4 rings (SSSR count). The number of aliphatic imine (C=N–C) groups is 1. The third-order valence-corrected chi connectivity index (χ3v) is 6.30. The van der Waals surface area contributed by atoms with Gasteiger partial charge in [-0.05, 0) is 48.1 Å². The molecule has 1 heterocycles. The first-order valence-corrected chi connectivity index (χ1v) is 12.2. The molecule has 1 aliphatic heterocycles. The highest BCUT2D eigenvalue weighted by atomic mass is 19.4. The van der Waals surface area contributed by atoms with Crippen molar-refractivity contribution in [3.63, 3.8) is 0 Å². The van der Waals surface area contributed by atoms with Gasteiger partial charge in [-0.2, -0.15) is 13.2 Å². The molecule has 0 saturated carbocycles. The van der Waals surface area contributed by atoms with Crippen LogP contribution in [0.25, 0.3) is 0 Å². The number of nitrogens with zero attached hydrogens (tertiary/aromatic N) is 1. The van der Waals surface area contributed by atoms with E-state index < -0.39 is 11.7 Å². The zero-order valence-electron chi connectivity index (χ0n) is 20.2. The Labute approximate surface area is 209 Å². The number of aryl methyl sites for hydroxylation is 1. The molecule has 36 heavy (non-hydrogen) atoms. The van der Waals surface area contributed by atoms with E-state index in [1.165, 1.54) is 11.6 Å². The fourth-order valence-electron chi connectivity index (χ4n) is 4.56. The van der Waals surface area contributed by atoms with Gasteiger partial charge < -0.3 is 5.32 Å². The number of carbonyl (C=O) groups is 1. The third kappa shape index (κ3) is 6.11. The van der Waals surface area contributed by atoms with E-state index in [0.717, 1.165) is 49.0 Å². The van der Waals surface area contributed by atoms with E-state index in [0.29, 0.717) is 16.8 Å². The van der Waals surface area contributed by atoms with E-state index in [4.69, 9.17) is 4.99 Å².